The molecule has 168 valence electrons. The van der Waals surface area contributed by atoms with Crippen LogP contribution in [0.4, 0.5) is 5.00 Å². The number of aryl methyl sites for hydroxylation is 1. The van der Waals surface area contributed by atoms with Crippen LogP contribution in [-0.4, -0.2) is 29.8 Å². The number of carbonyl (C=O) groups is 2. The van der Waals surface area contributed by atoms with Crippen LogP contribution in [0.5, 0.6) is 0 Å². The van der Waals surface area contributed by atoms with Crippen LogP contribution in [0, 0.1) is 6.92 Å². The highest BCUT2D eigenvalue weighted by molar-refractivity contribution is 7.18. The summed E-state index contributed by atoms with van der Waals surface area (Å²) in [5.74, 6) is -0.232. The fourth-order valence-corrected chi connectivity index (χ4v) is 4.91. The molecule has 0 saturated carbocycles. The molecule has 3 heterocycles. The standard InChI is InChI=1S/C25H29N3O3S/c1-18-15-22(27-24(29)21-7-6-14-31-21)32-23(18)25(30)26-16-19-8-10-20(11-9-19)17-28-12-4-2-3-5-13-28/h6-11,14-15H,2-5,12-13,16-17H2,1H3,(H,26,30)(H,27,29). The van der Waals surface area contributed by atoms with E-state index >= 15 is 0 Å². The number of furan rings is 1. The van der Waals surface area contributed by atoms with E-state index in [4.69, 9.17) is 4.42 Å². The highest BCUT2D eigenvalue weighted by atomic mass is 32.1. The lowest BCUT2D eigenvalue weighted by atomic mass is 10.1. The van der Waals surface area contributed by atoms with Crippen molar-refractivity contribution in [3.8, 4) is 0 Å². The SMILES string of the molecule is Cc1cc(NC(=O)c2ccco2)sc1C(=O)NCc1ccc(CN2CCCCCC2)cc1. The molecule has 2 aromatic heterocycles. The number of hydrogen-bond acceptors (Lipinski definition) is 5. The topological polar surface area (TPSA) is 74.6 Å². The van der Waals surface area contributed by atoms with E-state index in [2.05, 4.69) is 39.8 Å². The van der Waals surface area contributed by atoms with Crippen molar-refractivity contribution in [1.82, 2.24) is 10.2 Å². The Hall–Kier alpha value is -2.90. The summed E-state index contributed by atoms with van der Waals surface area (Å²) in [5.41, 5.74) is 3.21. The monoisotopic (exact) mass is 451 g/mol. The number of anilines is 1. The molecule has 0 atom stereocenters. The van der Waals surface area contributed by atoms with Crippen molar-refractivity contribution in [2.45, 2.75) is 45.7 Å². The Labute approximate surface area is 192 Å². The van der Waals surface area contributed by atoms with Crippen molar-refractivity contribution in [3.05, 3.63) is 76.1 Å². The molecule has 2 N–H and O–H groups in total. The Morgan fingerprint density at radius 1 is 1.00 bits per heavy atom. The lowest BCUT2D eigenvalue weighted by molar-refractivity contribution is 0.0953. The zero-order chi connectivity index (χ0) is 22.3. The molecule has 0 radical (unpaired) electrons. The third-order valence-electron chi connectivity index (χ3n) is 5.69. The number of nitrogens with one attached hydrogen (secondary N) is 2. The quantitative estimate of drug-likeness (QED) is 0.517. The molecule has 0 bridgehead atoms. The van der Waals surface area contributed by atoms with Crippen molar-refractivity contribution in [2.24, 2.45) is 0 Å². The summed E-state index contributed by atoms with van der Waals surface area (Å²) in [4.78, 5) is 28.0. The zero-order valence-corrected chi connectivity index (χ0v) is 19.2. The maximum absolute atomic E-state index is 12.7. The largest absolute Gasteiger partial charge is 0.459 e. The van der Waals surface area contributed by atoms with Crippen LogP contribution in [0.2, 0.25) is 0 Å². The van der Waals surface area contributed by atoms with E-state index in [0.29, 0.717) is 16.4 Å². The van der Waals surface area contributed by atoms with Gasteiger partial charge in [-0.25, -0.2) is 0 Å². The van der Waals surface area contributed by atoms with Gasteiger partial charge in [0.1, 0.15) is 0 Å². The van der Waals surface area contributed by atoms with Crippen LogP contribution in [0.3, 0.4) is 0 Å². The number of hydrogen-bond donors (Lipinski definition) is 2. The average molecular weight is 452 g/mol. The minimum atomic E-state index is -0.330. The van der Waals surface area contributed by atoms with E-state index in [1.807, 2.05) is 6.92 Å². The molecule has 3 aromatic rings. The molecule has 4 rings (SSSR count). The average Bonchev–Trinajstić information content (AvgIpc) is 3.38. The maximum Gasteiger partial charge on any atom is 0.291 e. The van der Waals surface area contributed by atoms with Crippen molar-refractivity contribution < 1.29 is 14.0 Å². The number of likely N-dealkylation sites (tertiary alicyclic amines) is 1. The van der Waals surface area contributed by atoms with E-state index in [9.17, 15) is 9.59 Å². The molecule has 7 heteroatoms. The van der Waals surface area contributed by atoms with Gasteiger partial charge in [-0.1, -0.05) is 37.1 Å². The molecule has 1 aromatic carbocycles. The Morgan fingerprint density at radius 2 is 1.72 bits per heavy atom. The lowest BCUT2D eigenvalue weighted by Crippen LogP contribution is -2.24. The second-order valence-electron chi connectivity index (χ2n) is 8.24. The number of thiophene rings is 1. The number of nitrogens with zero attached hydrogens (tertiary/aromatic N) is 1. The molecule has 1 aliphatic heterocycles. The first-order valence-corrected chi connectivity index (χ1v) is 11.9. The van der Waals surface area contributed by atoms with Gasteiger partial charge in [0, 0.05) is 13.1 Å². The van der Waals surface area contributed by atoms with Crippen LogP contribution in [0.15, 0.2) is 53.1 Å². The van der Waals surface area contributed by atoms with Crippen molar-refractivity contribution in [3.63, 3.8) is 0 Å². The summed E-state index contributed by atoms with van der Waals surface area (Å²) in [6.45, 7) is 5.69. The van der Waals surface area contributed by atoms with E-state index in [1.165, 1.54) is 61.9 Å². The van der Waals surface area contributed by atoms with Gasteiger partial charge in [-0.2, -0.15) is 0 Å². The molecule has 1 saturated heterocycles. The van der Waals surface area contributed by atoms with Gasteiger partial charge in [0.25, 0.3) is 11.8 Å². The van der Waals surface area contributed by atoms with Gasteiger partial charge < -0.3 is 15.1 Å². The number of carbonyl (C=O) groups excluding carboxylic acids is 2. The zero-order valence-electron chi connectivity index (χ0n) is 18.4. The Kier molecular flexibility index (Phi) is 7.39. The first-order valence-electron chi connectivity index (χ1n) is 11.1. The smallest absolute Gasteiger partial charge is 0.291 e. The third-order valence-corrected chi connectivity index (χ3v) is 6.84. The van der Waals surface area contributed by atoms with Gasteiger partial charge in [0.2, 0.25) is 0 Å². The molecule has 0 aliphatic carbocycles. The molecule has 1 fully saturated rings. The number of benzene rings is 1. The summed E-state index contributed by atoms with van der Waals surface area (Å²) < 4.78 is 5.11. The first kappa shape index (κ1) is 22.3. The van der Waals surface area contributed by atoms with E-state index in [-0.39, 0.29) is 17.6 Å². The summed E-state index contributed by atoms with van der Waals surface area (Å²) in [6, 6.07) is 13.6. The highest BCUT2D eigenvalue weighted by Gasteiger charge is 2.16. The van der Waals surface area contributed by atoms with Gasteiger partial charge in [-0.05, 0) is 67.7 Å². The summed E-state index contributed by atoms with van der Waals surface area (Å²) in [6.07, 6.45) is 6.73. The molecule has 0 spiro atoms. The molecule has 2 amide bonds. The van der Waals surface area contributed by atoms with Crippen LogP contribution in [0.25, 0.3) is 0 Å². The van der Waals surface area contributed by atoms with Gasteiger partial charge >= 0.3 is 0 Å². The normalized spacial score (nSPS) is 14.7. The Bertz CT molecular complexity index is 1030. The Balaban J connectivity index is 1.29. The van der Waals surface area contributed by atoms with Gasteiger partial charge in [-0.15, -0.1) is 11.3 Å². The summed E-state index contributed by atoms with van der Waals surface area (Å²) in [5, 5.41) is 6.39. The minimum Gasteiger partial charge on any atom is -0.459 e. The van der Waals surface area contributed by atoms with Crippen molar-refractivity contribution in [2.75, 3.05) is 18.4 Å². The molecule has 0 unspecified atom stereocenters. The van der Waals surface area contributed by atoms with E-state index in [0.717, 1.165) is 17.7 Å². The van der Waals surface area contributed by atoms with Crippen molar-refractivity contribution in [1.29, 1.82) is 0 Å². The molecule has 1 aliphatic rings. The second kappa shape index (κ2) is 10.6. The van der Waals surface area contributed by atoms with E-state index < -0.39 is 0 Å². The molecule has 6 nitrogen and oxygen atoms in total. The Morgan fingerprint density at radius 3 is 2.41 bits per heavy atom. The number of amides is 2. The molecular formula is C25H29N3O3S. The van der Waals surface area contributed by atoms with E-state index in [1.54, 1.807) is 18.2 Å². The fourth-order valence-electron chi connectivity index (χ4n) is 3.93. The number of rotatable bonds is 7. The van der Waals surface area contributed by atoms with Crippen LogP contribution >= 0.6 is 11.3 Å². The third kappa shape index (κ3) is 5.87. The lowest BCUT2D eigenvalue weighted by Gasteiger charge is -2.19. The fraction of sp³-hybridized carbons (Fsp3) is 0.360. The second-order valence-corrected chi connectivity index (χ2v) is 9.30. The minimum absolute atomic E-state index is 0.139. The first-order chi connectivity index (χ1) is 15.6. The maximum atomic E-state index is 12.7. The van der Waals surface area contributed by atoms with Gasteiger partial charge in [-0.3, -0.25) is 14.5 Å². The van der Waals surface area contributed by atoms with Crippen molar-refractivity contribution >= 4 is 28.2 Å². The predicted octanol–water partition coefficient (Wildman–Crippen LogP) is 5.21. The van der Waals surface area contributed by atoms with Gasteiger partial charge in [0.15, 0.2) is 5.76 Å². The predicted molar refractivity (Wildman–Crippen MR) is 127 cm³/mol. The van der Waals surface area contributed by atoms with Crippen LogP contribution in [-0.2, 0) is 13.1 Å². The highest BCUT2D eigenvalue weighted by Crippen LogP contribution is 2.27. The molecule has 32 heavy (non-hydrogen) atoms. The van der Waals surface area contributed by atoms with Crippen LogP contribution < -0.4 is 10.6 Å². The van der Waals surface area contributed by atoms with Gasteiger partial charge in [0.05, 0.1) is 16.1 Å². The molecular weight excluding hydrogens is 422 g/mol. The summed E-state index contributed by atoms with van der Waals surface area (Å²) >= 11 is 1.26. The summed E-state index contributed by atoms with van der Waals surface area (Å²) in [7, 11) is 0. The van der Waals surface area contributed by atoms with Crippen LogP contribution in [0.1, 0.15) is 62.6 Å².